The van der Waals surface area contributed by atoms with E-state index in [0.29, 0.717) is 6.61 Å². The van der Waals surface area contributed by atoms with E-state index in [1.165, 1.54) is 6.07 Å². The van der Waals surface area contributed by atoms with E-state index in [4.69, 9.17) is 4.74 Å². The number of nitrogens with zero attached hydrogens (tertiary/aromatic N) is 2. The predicted molar refractivity (Wildman–Crippen MR) is 74.6 cm³/mol. The SMILES string of the molecule is CN1CCN(CCOc2cccc([B-](F)(F)F)c2)CC1.[K+]. The van der Waals surface area contributed by atoms with Crippen LogP contribution in [0.2, 0.25) is 0 Å². The van der Waals surface area contributed by atoms with E-state index < -0.39 is 12.4 Å². The van der Waals surface area contributed by atoms with Gasteiger partial charge in [-0.1, -0.05) is 12.1 Å². The van der Waals surface area contributed by atoms with Gasteiger partial charge in [0.15, 0.2) is 0 Å². The summed E-state index contributed by atoms with van der Waals surface area (Å²) in [4.78, 5) is 4.52. The van der Waals surface area contributed by atoms with Crippen LogP contribution in [0.15, 0.2) is 24.3 Å². The van der Waals surface area contributed by atoms with Crippen LogP contribution in [0.4, 0.5) is 12.9 Å². The normalized spacial score (nSPS) is 17.3. The molecule has 0 saturated carbocycles. The zero-order valence-electron chi connectivity index (χ0n) is 12.6. The molecule has 1 saturated heterocycles. The molecule has 0 aromatic heterocycles. The fourth-order valence-corrected chi connectivity index (χ4v) is 2.17. The van der Waals surface area contributed by atoms with E-state index in [2.05, 4.69) is 16.8 Å². The van der Waals surface area contributed by atoms with Crippen molar-refractivity contribution >= 4 is 12.4 Å². The minimum Gasteiger partial charge on any atom is -0.492 e. The Morgan fingerprint density at radius 3 is 2.43 bits per heavy atom. The van der Waals surface area contributed by atoms with Crippen LogP contribution < -0.4 is 61.6 Å². The van der Waals surface area contributed by atoms with Crippen molar-refractivity contribution in [2.75, 3.05) is 46.4 Å². The van der Waals surface area contributed by atoms with Gasteiger partial charge >= 0.3 is 58.4 Å². The summed E-state index contributed by atoms with van der Waals surface area (Å²) in [6.45, 7) is 0.195. The fourth-order valence-electron chi connectivity index (χ4n) is 2.17. The number of hydrogen-bond donors (Lipinski definition) is 0. The van der Waals surface area contributed by atoms with Crippen molar-refractivity contribution in [3.05, 3.63) is 24.3 Å². The van der Waals surface area contributed by atoms with Gasteiger partial charge in [-0.15, -0.1) is 5.46 Å². The van der Waals surface area contributed by atoms with Gasteiger partial charge in [0.05, 0.1) is 0 Å². The third-order valence-corrected chi connectivity index (χ3v) is 3.51. The predicted octanol–water partition coefficient (Wildman–Crippen LogP) is -1.63. The zero-order chi connectivity index (χ0) is 14.6. The summed E-state index contributed by atoms with van der Waals surface area (Å²) in [6.07, 6.45) is 0. The van der Waals surface area contributed by atoms with E-state index in [-0.39, 0.29) is 57.1 Å². The summed E-state index contributed by atoms with van der Waals surface area (Å²) in [5.74, 6) is 0.288. The molecule has 3 nitrogen and oxygen atoms in total. The Kier molecular flexibility index (Phi) is 8.26. The smallest absolute Gasteiger partial charge is 0.492 e. The van der Waals surface area contributed by atoms with Crippen molar-refractivity contribution in [1.29, 1.82) is 0 Å². The maximum Gasteiger partial charge on any atom is 1.00 e. The van der Waals surface area contributed by atoms with Crippen LogP contribution in [0, 0.1) is 0 Å². The molecule has 21 heavy (non-hydrogen) atoms. The summed E-state index contributed by atoms with van der Waals surface area (Å²) in [5, 5.41) is 0. The molecule has 1 aliphatic rings. The van der Waals surface area contributed by atoms with E-state index in [1.807, 2.05) is 0 Å². The average molecular weight is 326 g/mol. The molecule has 0 aliphatic carbocycles. The first-order chi connectivity index (χ1) is 9.45. The molecule has 0 spiro atoms. The number of rotatable bonds is 5. The van der Waals surface area contributed by atoms with Gasteiger partial charge in [-0.05, 0) is 19.2 Å². The molecule has 1 aromatic rings. The molecular formula is C13H19BF3KN2O. The monoisotopic (exact) mass is 326 g/mol. The van der Waals surface area contributed by atoms with Gasteiger partial charge in [0.1, 0.15) is 12.4 Å². The van der Waals surface area contributed by atoms with Crippen LogP contribution in [0.3, 0.4) is 0 Å². The summed E-state index contributed by atoms with van der Waals surface area (Å²) in [7, 11) is 2.08. The minimum atomic E-state index is -4.96. The Morgan fingerprint density at radius 2 is 1.81 bits per heavy atom. The maximum absolute atomic E-state index is 12.6. The van der Waals surface area contributed by atoms with Gasteiger partial charge in [0.25, 0.3) is 0 Å². The largest absolute Gasteiger partial charge is 1.00 e. The maximum atomic E-state index is 12.6. The third-order valence-electron chi connectivity index (χ3n) is 3.51. The number of benzene rings is 1. The molecule has 0 radical (unpaired) electrons. The number of ether oxygens (including phenoxy) is 1. The van der Waals surface area contributed by atoms with Crippen molar-refractivity contribution < 1.29 is 69.1 Å². The molecule has 112 valence electrons. The second-order valence-electron chi connectivity index (χ2n) is 5.14. The van der Waals surface area contributed by atoms with E-state index in [9.17, 15) is 12.9 Å². The molecule has 1 heterocycles. The molecule has 0 bridgehead atoms. The minimum absolute atomic E-state index is 0. The summed E-state index contributed by atoms with van der Waals surface area (Å²) < 4.78 is 43.3. The second-order valence-corrected chi connectivity index (χ2v) is 5.14. The molecule has 1 fully saturated rings. The van der Waals surface area contributed by atoms with Crippen molar-refractivity contribution in [3.8, 4) is 5.75 Å². The Labute approximate surface area is 166 Å². The first-order valence-electron chi connectivity index (χ1n) is 6.79. The summed E-state index contributed by atoms with van der Waals surface area (Å²) in [5.41, 5.74) is -0.609. The molecule has 2 rings (SSSR count). The van der Waals surface area contributed by atoms with Crippen LogP contribution in [-0.2, 0) is 0 Å². The van der Waals surface area contributed by atoms with Crippen molar-refractivity contribution in [1.82, 2.24) is 9.80 Å². The van der Waals surface area contributed by atoms with E-state index in [0.717, 1.165) is 44.9 Å². The Bertz CT molecular complexity index is 440. The van der Waals surface area contributed by atoms with Crippen LogP contribution in [0.1, 0.15) is 0 Å². The molecular weight excluding hydrogens is 307 g/mol. The first kappa shape index (κ1) is 19.5. The van der Waals surface area contributed by atoms with Crippen LogP contribution in [0.25, 0.3) is 0 Å². The van der Waals surface area contributed by atoms with Gasteiger partial charge in [-0.2, -0.15) is 0 Å². The van der Waals surface area contributed by atoms with Crippen LogP contribution in [-0.4, -0.2) is 63.2 Å². The van der Waals surface area contributed by atoms with Crippen LogP contribution in [0.5, 0.6) is 5.75 Å². The quantitative estimate of drug-likeness (QED) is 0.605. The molecule has 1 aromatic carbocycles. The summed E-state index contributed by atoms with van der Waals surface area (Å²) >= 11 is 0. The van der Waals surface area contributed by atoms with Crippen molar-refractivity contribution in [2.45, 2.75) is 0 Å². The van der Waals surface area contributed by atoms with Gasteiger partial charge in [0, 0.05) is 32.7 Å². The standard InChI is InChI=1S/C13H19BF3N2O.K/c1-18-5-7-19(8-6-18)9-10-20-13-4-2-3-12(11-13)14(15,16)17;/h2-4,11H,5-10H2,1H3;/q-1;+1. The van der Waals surface area contributed by atoms with Crippen LogP contribution >= 0.6 is 0 Å². The zero-order valence-corrected chi connectivity index (χ0v) is 15.7. The molecule has 0 unspecified atom stereocenters. The third kappa shape index (κ3) is 6.60. The van der Waals surface area contributed by atoms with Crippen molar-refractivity contribution in [3.63, 3.8) is 0 Å². The van der Waals surface area contributed by atoms with E-state index >= 15 is 0 Å². The number of hydrogen-bond acceptors (Lipinski definition) is 3. The molecule has 8 heteroatoms. The molecule has 1 aliphatic heterocycles. The molecule has 0 atom stereocenters. The summed E-state index contributed by atoms with van der Waals surface area (Å²) in [6, 6.07) is 5.10. The Morgan fingerprint density at radius 1 is 1.14 bits per heavy atom. The van der Waals surface area contributed by atoms with Gasteiger partial charge in [-0.3, -0.25) is 4.90 Å². The van der Waals surface area contributed by atoms with E-state index in [1.54, 1.807) is 6.07 Å². The topological polar surface area (TPSA) is 15.7 Å². The fraction of sp³-hybridized carbons (Fsp3) is 0.538. The first-order valence-corrected chi connectivity index (χ1v) is 6.79. The van der Waals surface area contributed by atoms with Crippen molar-refractivity contribution in [2.24, 2.45) is 0 Å². The Balaban J connectivity index is 0.00000220. The average Bonchev–Trinajstić information content (AvgIpc) is 2.40. The van der Waals surface area contributed by atoms with Gasteiger partial charge in [-0.25, -0.2) is 0 Å². The second kappa shape index (κ2) is 8.91. The molecule has 0 N–H and O–H groups in total. The van der Waals surface area contributed by atoms with Gasteiger partial charge < -0.3 is 22.6 Å². The number of piperazine rings is 1. The van der Waals surface area contributed by atoms with Gasteiger partial charge in [0.2, 0.25) is 0 Å². The molecule has 0 amide bonds. The Hall–Kier alpha value is 0.431. The number of halogens is 3. The number of likely N-dealkylation sites (N-methyl/N-ethyl adjacent to an activating group) is 1.